The molecule has 0 radical (unpaired) electrons. The molecule has 14 heavy (non-hydrogen) atoms. The first-order valence-electron chi connectivity index (χ1n) is 4.43. The van der Waals surface area contributed by atoms with Crippen molar-refractivity contribution >= 4 is 17.5 Å². The molecule has 0 atom stereocenters. The van der Waals surface area contributed by atoms with E-state index in [-0.39, 0.29) is 5.91 Å². The minimum absolute atomic E-state index is 0.0867. The lowest BCUT2D eigenvalue weighted by molar-refractivity contribution is -0.129. The second kappa shape index (κ2) is 3.53. The minimum Gasteiger partial charge on any atom is -0.338 e. The van der Waals surface area contributed by atoms with Crippen LogP contribution in [-0.2, 0) is 17.8 Å². The molecule has 74 valence electrons. The molecule has 0 aliphatic carbocycles. The third-order valence-corrected chi connectivity index (χ3v) is 2.54. The zero-order chi connectivity index (χ0) is 10.1. The number of fused-ring (bicyclic) bond motifs is 1. The Morgan fingerprint density at radius 2 is 2.36 bits per heavy atom. The largest absolute Gasteiger partial charge is 0.338 e. The van der Waals surface area contributed by atoms with E-state index in [4.69, 9.17) is 11.6 Å². The molecule has 1 aromatic heterocycles. The highest BCUT2D eigenvalue weighted by atomic mass is 35.5. The van der Waals surface area contributed by atoms with Crippen LogP contribution in [-0.4, -0.2) is 27.5 Å². The third-order valence-electron chi connectivity index (χ3n) is 2.36. The summed E-state index contributed by atoms with van der Waals surface area (Å²) < 4.78 is 0. The second-order valence-electron chi connectivity index (χ2n) is 3.33. The number of carbonyl (C=O) groups is 1. The Kier molecular flexibility index (Phi) is 2.37. The summed E-state index contributed by atoms with van der Waals surface area (Å²) in [5.41, 5.74) is 1.96. The molecule has 0 spiro atoms. The van der Waals surface area contributed by atoms with E-state index in [1.54, 1.807) is 17.9 Å². The van der Waals surface area contributed by atoms with Crippen LogP contribution in [0.4, 0.5) is 0 Å². The fraction of sp³-hybridized carbons (Fsp3) is 0.444. The van der Waals surface area contributed by atoms with Crippen molar-refractivity contribution in [3.05, 3.63) is 22.5 Å². The van der Waals surface area contributed by atoms with Crippen LogP contribution in [0.3, 0.4) is 0 Å². The lowest BCUT2D eigenvalue weighted by Gasteiger charge is -2.26. The molecule has 0 saturated carbocycles. The van der Waals surface area contributed by atoms with Crippen molar-refractivity contribution in [2.75, 3.05) is 6.54 Å². The van der Waals surface area contributed by atoms with Crippen LogP contribution < -0.4 is 0 Å². The highest BCUT2D eigenvalue weighted by molar-refractivity contribution is 6.29. The van der Waals surface area contributed by atoms with Crippen LogP contribution in [0.25, 0.3) is 0 Å². The Morgan fingerprint density at radius 1 is 1.57 bits per heavy atom. The number of amides is 1. The fourth-order valence-corrected chi connectivity index (χ4v) is 1.74. The number of nitrogens with zero attached hydrogens (tertiary/aromatic N) is 3. The van der Waals surface area contributed by atoms with Crippen LogP contribution in [0.2, 0.25) is 5.15 Å². The molecule has 0 bridgehead atoms. The summed E-state index contributed by atoms with van der Waals surface area (Å²) in [6, 6.07) is 1.78. The van der Waals surface area contributed by atoms with Gasteiger partial charge in [-0.15, -0.1) is 5.10 Å². The van der Waals surface area contributed by atoms with Gasteiger partial charge in [0.05, 0.1) is 5.69 Å². The zero-order valence-electron chi connectivity index (χ0n) is 7.83. The monoisotopic (exact) mass is 211 g/mol. The molecule has 0 fully saturated rings. The maximum absolute atomic E-state index is 11.2. The van der Waals surface area contributed by atoms with E-state index in [0.717, 1.165) is 24.2 Å². The Hall–Kier alpha value is -1.16. The van der Waals surface area contributed by atoms with E-state index in [0.29, 0.717) is 11.7 Å². The molecule has 0 aromatic carbocycles. The van der Waals surface area contributed by atoms with Gasteiger partial charge in [0.1, 0.15) is 0 Å². The Labute approximate surface area is 86.9 Å². The molecule has 4 nitrogen and oxygen atoms in total. The topological polar surface area (TPSA) is 46.1 Å². The van der Waals surface area contributed by atoms with Gasteiger partial charge >= 0.3 is 0 Å². The van der Waals surface area contributed by atoms with Gasteiger partial charge in [-0.2, -0.15) is 5.10 Å². The summed E-state index contributed by atoms with van der Waals surface area (Å²) in [5.74, 6) is 0.0867. The van der Waals surface area contributed by atoms with E-state index in [1.165, 1.54) is 0 Å². The first kappa shape index (κ1) is 9.40. The van der Waals surface area contributed by atoms with Gasteiger partial charge in [-0.3, -0.25) is 4.79 Å². The molecule has 0 unspecified atom stereocenters. The normalized spacial score (nSPS) is 15.1. The summed E-state index contributed by atoms with van der Waals surface area (Å²) in [6.45, 7) is 2.89. The van der Waals surface area contributed by atoms with E-state index in [2.05, 4.69) is 10.2 Å². The van der Waals surface area contributed by atoms with E-state index >= 15 is 0 Å². The molecule has 0 saturated heterocycles. The molecular weight excluding hydrogens is 202 g/mol. The first-order valence-corrected chi connectivity index (χ1v) is 4.81. The summed E-state index contributed by atoms with van der Waals surface area (Å²) in [6.07, 6.45) is 0.763. The average molecular weight is 212 g/mol. The van der Waals surface area contributed by atoms with E-state index in [1.807, 2.05) is 0 Å². The third kappa shape index (κ3) is 1.70. The molecule has 2 rings (SSSR count). The van der Waals surface area contributed by atoms with Gasteiger partial charge < -0.3 is 4.90 Å². The molecule has 5 heteroatoms. The van der Waals surface area contributed by atoms with Gasteiger partial charge in [0, 0.05) is 26.4 Å². The van der Waals surface area contributed by atoms with Crippen LogP contribution in [0.1, 0.15) is 18.2 Å². The van der Waals surface area contributed by atoms with Crippen LogP contribution in [0, 0.1) is 0 Å². The molecular formula is C9H10ClN3O. The zero-order valence-corrected chi connectivity index (χ0v) is 8.58. The lowest BCUT2D eigenvalue weighted by atomic mass is 10.1. The van der Waals surface area contributed by atoms with Gasteiger partial charge in [-0.1, -0.05) is 11.6 Å². The van der Waals surface area contributed by atoms with Crippen molar-refractivity contribution < 1.29 is 4.79 Å². The summed E-state index contributed by atoms with van der Waals surface area (Å²) in [7, 11) is 0. The number of hydrogen-bond donors (Lipinski definition) is 0. The van der Waals surface area contributed by atoms with Crippen LogP contribution in [0.15, 0.2) is 6.07 Å². The Bertz CT molecular complexity index is 380. The number of rotatable bonds is 0. The highest BCUT2D eigenvalue weighted by Crippen LogP contribution is 2.18. The van der Waals surface area contributed by atoms with Gasteiger partial charge in [0.15, 0.2) is 5.15 Å². The van der Waals surface area contributed by atoms with Crippen LogP contribution in [0.5, 0.6) is 0 Å². The molecule has 1 amide bonds. The van der Waals surface area contributed by atoms with Crippen molar-refractivity contribution in [1.29, 1.82) is 0 Å². The number of aromatic nitrogens is 2. The number of halogens is 1. The predicted molar refractivity (Wildman–Crippen MR) is 51.8 cm³/mol. The number of carbonyl (C=O) groups excluding carboxylic acids is 1. The predicted octanol–water partition coefficient (Wildman–Crippen LogP) is 1.03. The Morgan fingerprint density at radius 3 is 3.07 bits per heavy atom. The summed E-state index contributed by atoms with van der Waals surface area (Å²) in [5, 5.41) is 8.15. The highest BCUT2D eigenvalue weighted by Gasteiger charge is 2.19. The average Bonchev–Trinajstić information content (AvgIpc) is 2.16. The molecule has 2 heterocycles. The van der Waals surface area contributed by atoms with Gasteiger partial charge in [0.25, 0.3) is 0 Å². The Balaban J connectivity index is 2.29. The molecule has 1 aromatic rings. The molecule has 1 aliphatic rings. The van der Waals surface area contributed by atoms with Crippen LogP contribution >= 0.6 is 11.6 Å². The first-order chi connectivity index (χ1) is 6.66. The van der Waals surface area contributed by atoms with Crippen molar-refractivity contribution in [1.82, 2.24) is 15.1 Å². The summed E-state index contributed by atoms with van der Waals surface area (Å²) >= 11 is 5.73. The fourth-order valence-electron chi connectivity index (χ4n) is 1.57. The van der Waals surface area contributed by atoms with Crippen molar-refractivity contribution in [3.8, 4) is 0 Å². The van der Waals surface area contributed by atoms with Crippen molar-refractivity contribution in [2.45, 2.75) is 19.9 Å². The van der Waals surface area contributed by atoms with Gasteiger partial charge in [-0.05, 0) is 11.6 Å². The molecule has 1 aliphatic heterocycles. The lowest BCUT2D eigenvalue weighted by Crippen LogP contribution is -2.34. The quantitative estimate of drug-likeness (QED) is 0.644. The van der Waals surface area contributed by atoms with Gasteiger partial charge in [0.2, 0.25) is 5.91 Å². The summed E-state index contributed by atoms with van der Waals surface area (Å²) in [4.78, 5) is 12.9. The minimum atomic E-state index is 0.0867. The van der Waals surface area contributed by atoms with Gasteiger partial charge in [-0.25, -0.2) is 0 Å². The smallest absolute Gasteiger partial charge is 0.219 e. The molecule has 0 N–H and O–H groups in total. The van der Waals surface area contributed by atoms with E-state index in [9.17, 15) is 4.79 Å². The number of hydrogen-bond acceptors (Lipinski definition) is 3. The second-order valence-corrected chi connectivity index (χ2v) is 3.72. The maximum Gasteiger partial charge on any atom is 0.219 e. The standard InChI is InChI=1S/C9H10ClN3O/c1-6(14)13-3-2-8-7(5-13)4-9(10)12-11-8/h4H,2-3,5H2,1H3. The van der Waals surface area contributed by atoms with E-state index < -0.39 is 0 Å². The SMILES string of the molecule is CC(=O)N1CCc2nnc(Cl)cc2C1. The van der Waals surface area contributed by atoms with Crippen molar-refractivity contribution in [3.63, 3.8) is 0 Å². The maximum atomic E-state index is 11.2. The van der Waals surface area contributed by atoms with Crippen molar-refractivity contribution in [2.24, 2.45) is 0 Å².